The van der Waals surface area contributed by atoms with Gasteiger partial charge >= 0.3 is 5.97 Å². The third-order valence-electron chi connectivity index (χ3n) is 3.00. The fourth-order valence-corrected chi connectivity index (χ4v) is 2.45. The number of H-pyrrole nitrogens is 1. The molecule has 12 nitrogen and oxygen atoms in total. The Labute approximate surface area is 154 Å². The molecule has 0 atom stereocenters. The van der Waals surface area contributed by atoms with E-state index in [9.17, 15) is 4.79 Å². The van der Waals surface area contributed by atoms with Gasteiger partial charge in [0.05, 0.1) is 12.7 Å². The average Bonchev–Trinajstić information content (AvgIpc) is 3.15. The molecule has 4 aromatic heterocycles. The van der Waals surface area contributed by atoms with Gasteiger partial charge < -0.3 is 26.1 Å². The Bertz CT molecular complexity index is 1110. The summed E-state index contributed by atoms with van der Waals surface area (Å²) in [5, 5.41) is 9.04. The van der Waals surface area contributed by atoms with Gasteiger partial charge in [0, 0.05) is 0 Å². The number of fused-ring (bicyclic) bond motifs is 2. The Morgan fingerprint density at radius 1 is 1.12 bits per heavy atom. The quantitative estimate of drug-likeness (QED) is 0.351. The minimum Gasteiger partial charge on any atom is -0.480 e. The number of halogens is 2. The maximum absolute atomic E-state index is 10.5. The van der Waals surface area contributed by atoms with Crippen molar-refractivity contribution in [3.8, 4) is 0 Å². The normalized spacial score (nSPS) is 10.7. The molecule has 0 unspecified atom stereocenters. The number of rotatable bonds is 2. The van der Waals surface area contributed by atoms with Crippen LogP contribution in [-0.2, 0) is 11.3 Å². The van der Waals surface area contributed by atoms with E-state index in [1.807, 2.05) is 0 Å². The molecular formula is C12H10Cl2N10O2. The van der Waals surface area contributed by atoms with Crippen LogP contribution in [0.3, 0.4) is 0 Å². The van der Waals surface area contributed by atoms with Crippen LogP contribution in [0.4, 0.5) is 11.9 Å². The molecule has 14 heteroatoms. The van der Waals surface area contributed by atoms with Crippen molar-refractivity contribution >= 4 is 63.4 Å². The lowest BCUT2D eigenvalue weighted by Gasteiger charge is -1.99. The smallest absolute Gasteiger partial charge is 0.323 e. The van der Waals surface area contributed by atoms with Crippen LogP contribution in [0.25, 0.3) is 22.3 Å². The van der Waals surface area contributed by atoms with E-state index < -0.39 is 5.97 Å². The summed E-state index contributed by atoms with van der Waals surface area (Å²) < 4.78 is 1.33. The summed E-state index contributed by atoms with van der Waals surface area (Å²) in [7, 11) is 0. The van der Waals surface area contributed by atoms with Crippen LogP contribution in [0.5, 0.6) is 0 Å². The Balaban J connectivity index is 0.000000158. The number of hydrogen-bond donors (Lipinski definition) is 4. The van der Waals surface area contributed by atoms with Crippen LogP contribution in [-0.4, -0.2) is 50.5 Å². The van der Waals surface area contributed by atoms with Gasteiger partial charge in [-0.05, 0) is 0 Å². The second-order valence-corrected chi connectivity index (χ2v) is 5.50. The number of aliphatic carboxylic acids is 1. The minimum absolute atomic E-state index is 0.0142. The number of nitrogens with zero attached hydrogens (tertiary/aromatic N) is 7. The number of nitrogens with two attached hydrogens (primary N) is 2. The number of nitrogens with one attached hydrogen (secondary N) is 1. The van der Waals surface area contributed by atoms with Crippen molar-refractivity contribution in [3.63, 3.8) is 0 Å². The average molecular weight is 397 g/mol. The first kappa shape index (κ1) is 17.6. The molecular weight excluding hydrogens is 387 g/mol. The molecule has 0 saturated carbocycles. The predicted octanol–water partition coefficient (Wildman–Crippen LogP) is 0.735. The summed E-state index contributed by atoms with van der Waals surface area (Å²) >= 11 is 11.5. The van der Waals surface area contributed by atoms with Gasteiger partial charge in [0.25, 0.3) is 0 Å². The Hall–Kier alpha value is -3.25. The monoisotopic (exact) mass is 396 g/mol. The van der Waals surface area contributed by atoms with E-state index >= 15 is 0 Å². The molecule has 4 aromatic rings. The fraction of sp³-hybridized carbons (Fsp3) is 0.0833. The molecule has 134 valence electrons. The Morgan fingerprint density at radius 3 is 2.54 bits per heavy atom. The van der Waals surface area contributed by atoms with Gasteiger partial charge in [-0.2, -0.15) is 19.9 Å². The van der Waals surface area contributed by atoms with E-state index in [1.165, 1.54) is 17.2 Å². The van der Waals surface area contributed by atoms with Crippen molar-refractivity contribution in [2.24, 2.45) is 0 Å². The maximum atomic E-state index is 10.5. The van der Waals surface area contributed by atoms with Crippen LogP contribution in [0, 0.1) is 0 Å². The van der Waals surface area contributed by atoms with Crippen molar-refractivity contribution < 1.29 is 9.90 Å². The third kappa shape index (κ3) is 3.55. The van der Waals surface area contributed by atoms with Gasteiger partial charge in [-0.1, -0.05) is 23.2 Å². The molecule has 0 saturated heterocycles. The SMILES string of the molecule is Nc1nc(Cl)c2[nH]cnc2n1.Nc1nc(Cl)c2ncn(CC(=O)O)c2n1. The number of imidazole rings is 2. The first-order valence-corrected chi connectivity index (χ1v) is 7.58. The van der Waals surface area contributed by atoms with Gasteiger partial charge in [-0.15, -0.1) is 0 Å². The summed E-state index contributed by atoms with van der Waals surface area (Å²) in [4.78, 5) is 36.2. The molecule has 0 radical (unpaired) electrons. The van der Waals surface area contributed by atoms with Gasteiger partial charge in [-0.25, -0.2) is 9.97 Å². The van der Waals surface area contributed by atoms with E-state index in [-0.39, 0.29) is 23.6 Å². The molecule has 0 fully saturated rings. The number of anilines is 2. The van der Waals surface area contributed by atoms with Gasteiger partial charge in [0.1, 0.15) is 17.6 Å². The van der Waals surface area contributed by atoms with Crippen molar-refractivity contribution in [2.45, 2.75) is 6.54 Å². The Kier molecular flexibility index (Phi) is 4.69. The fourth-order valence-electron chi connectivity index (χ4n) is 2.00. The van der Waals surface area contributed by atoms with Crippen LogP contribution < -0.4 is 11.5 Å². The minimum atomic E-state index is -0.998. The molecule has 4 rings (SSSR count). The van der Waals surface area contributed by atoms with Gasteiger partial charge in [-0.3, -0.25) is 4.79 Å². The number of aromatic amines is 1. The van der Waals surface area contributed by atoms with Crippen LogP contribution >= 0.6 is 23.2 Å². The summed E-state index contributed by atoms with van der Waals surface area (Å²) in [6, 6.07) is 0. The summed E-state index contributed by atoms with van der Waals surface area (Å²) in [5.41, 5.74) is 12.5. The third-order valence-corrected chi connectivity index (χ3v) is 3.54. The molecule has 6 N–H and O–H groups in total. The van der Waals surface area contributed by atoms with Crippen LogP contribution in [0.15, 0.2) is 12.7 Å². The number of carbonyl (C=O) groups is 1. The largest absolute Gasteiger partial charge is 0.480 e. The zero-order valence-electron chi connectivity index (χ0n) is 12.8. The highest BCUT2D eigenvalue weighted by Gasteiger charge is 2.12. The van der Waals surface area contributed by atoms with E-state index in [4.69, 9.17) is 39.8 Å². The lowest BCUT2D eigenvalue weighted by atomic mass is 10.5. The highest BCUT2D eigenvalue weighted by Crippen LogP contribution is 2.19. The molecule has 0 aliphatic carbocycles. The molecule has 4 heterocycles. The standard InChI is InChI=1S/C7H6ClN5O2.C5H4ClN5/c8-5-4-6(12-7(9)11-5)13(2-10-4)1-3(14)15;6-3-2-4(9-1-8-2)11-5(7)10-3/h2H,1H2,(H,14,15)(H2,9,11,12);1H,(H3,7,8,9,10,11). The Morgan fingerprint density at radius 2 is 1.81 bits per heavy atom. The van der Waals surface area contributed by atoms with E-state index in [2.05, 4.69) is 34.9 Å². The van der Waals surface area contributed by atoms with Crippen molar-refractivity contribution in [3.05, 3.63) is 23.0 Å². The molecule has 0 bridgehead atoms. The molecule has 0 spiro atoms. The lowest BCUT2D eigenvalue weighted by molar-refractivity contribution is -0.137. The number of hydrogen-bond acceptors (Lipinski definition) is 9. The zero-order valence-corrected chi connectivity index (χ0v) is 14.3. The summed E-state index contributed by atoms with van der Waals surface area (Å²) in [6.07, 6.45) is 2.82. The lowest BCUT2D eigenvalue weighted by Crippen LogP contribution is -2.08. The van der Waals surface area contributed by atoms with E-state index in [0.717, 1.165) is 0 Å². The predicted molar refractivity (Wildman–Crippen MR) is 93.5 cm³/mol. The summed E-state index contributed by atoms with van der Waals surface area (Å²) in [6.45, 7) is -0.247. The number of nitrogen functional groups attached to an aromatic ring is 2. The first-order chi connectivity index (χ1) is 12.3. The highest BCUT2D eigenvalue weighted by molar-refractivity contribution is 6.33. The topological polar surface area (TPSA) is 187 Å². The number of aromatic nitrogens is 8. The maximum Gasteiger partial charge on any atom is 0.323 e. The zero-order chi connectivity index (χ0) is 18.8. The van der Waals surface area contributed by atoms with Gasteiger partial charge in [0.2, 0.25) is 11.9 Å². The first-order valence-electron chi connectivity index (χ1n) is 6.83. The van der Waals surface area contributed by atoms with Crippen molar-refractivity contribution in [1.29, 1.82) is 0 Å². The molecule has 0 aliphatic rings. The van der Waals surface area contributed by atoms with Crippen molar-refractivity contribution in [1.82, 2.24) is 39.5 Å². The number of carboxylic acid groups (broad SMARTS) is 1. The second kappa shape index (κ2) is 6.93. The summed E-state index contributed by atoms with van der Waals surface area (Å²) in [5.74, 6) is -0.878. The number of carboxylic acids is 1. The molecule has 0 aromatic carbocycles. The van der Waals surface area contributed by atoms with Crippen molar-refractivity contribution in [2.75, 3.05) is 11.5 Å². The van der Waals surface area contributed by atoms with Crippen LogP contribution in [0.1, 0.15) is 0 Å². The highest BCUT2D eigenvalue weighted by atomic mass is 35.5. The molecule has 26 heavy (non-hydrogen) atoms. The molecule has 0 aliphatic heterocycles. The van der Waals surface area contributed by atoms with Gasteiger partial charge in [0.15, 0.2) is 21.6 Å². The van der Waals surface area contributed by atoms with Crippen LogP contribution in [0.2, 0.25) is 10.3 Å². The second-order valence-electron chi connectivity index (χ2n) is 4.78. The molecule has 0 amide bonds. The van der Waals surface area contributed by atoms with E-state index in [1.54, 1.807) is 0 Å². The van der Waals surface area contributed by atoms with E-state index in [0.29, 0.717) is 27.5 Å².